The van der Waals surface area contributed by atoms with Gasteiger partial charge in [-0.25, -0.2) is 0 Å². The molecule has 0 bridgehead atoms. The summed E-state index contributed by atoms with van der Waals surface area (Å²) in [6, 6.07) is 0.552. The molecule has 2 rings (SSSR count). The maximum Gasteiger partial charge on any atom is 0.191 e. The molecule has 4 nitrogen and oxygen atoms in total. The van der Waals surface area contributed by atoms with Crippen LogP contribution >= 0.6 is 0 Å². The second-order valence-electron chi connectivity index (χ2n) is 7.03. The molecule has 1 heterocycles. The van der Waals surface area contributed by atoms with Crippen LogP contribution in [-0.2, 0) is 0 Å². The van der Waals surface area contributed by atoms with Crippen molar-refractivity contribution in [2.75, 3.05) is 33.7 Å². The lowest BCUT2D eigenvalue weighted by Crippen LogP contribution is -2.42. The fraction of sp³-hybridized carbons (Fsp3) is 0.941. The number of hydrogen-bond acceptors (Lipinski definition) is 2. The molecule has 1 aliphatic heterocycles. The molecule has 1 atom stereocenters. The third kappa shape index (κ3) is 5.17. The van der Waals surface area contributed by atoms with Gasteiger partial charge in [0, 0.05) is 19.1 Å². The van der Waals surface area contributed by atoms with Crippen LogP contribution in [0.5, 0.6) is 0 Å². The molecule has 21 heavy (non-hydrogen) atoms. The Hall–Kier alpha value is -0.770. The Kier molecular flexibility index (Phi) is 6.81. The minimum absolute atomic E-state index is 0.552. The molecular formula is C17H34N4. The lowest BCUT2D eigenvalue weighted by Gasteiger charge is -2.34. The van der Waals surface area contributed by atoms with Gasteiger partial charge in [-0.05, 0) is 45.7 Å². The predicted octanol–water partition coefficient (Wildman–Crippen LogP) is 2.69. The summed E-state index contributed by atoms with van der Waals surface area (Å²) in [5, 5.41) is 0. The van der Waals surface area contributed by atoms with E-state index in [1.807, 2.05) is 0 Å². The van der Waals surface area contributed by atoms with Crippen molar-refractivity contribution in [1.82, 2.24) is 9.80 Å². The van der Waals surface area contributed by atoms with Crippen molar-refractivity contribution >= 4 is 5.96 Å². The highest BCUT2D eigenvalue weighted by molar-refractivity contribution is 5.78. The quantitative estimate of drug-likeness (QED) is 0.640. The molecule has 122 valence electrons. The van der Waals surface area contributed by atoms with Gasteiger partial charge in [0.05, 0.1) is 6.54 Å². The van der Waals surface area contributed by atoms with E-state index in [1.54, 1.807) is 0 Å². The van der Waals surface area contributed by atoms with E-state index in [0.29, 0.717) is 6.04 Å². The zero-order valence-corrected chi connectivity index (χ0v) is 14.1. The number of likely N-dealkylation sites (N-methyl/N-ethyl adjacent to an activating group) is 1. The monoisotopic (exact) mass is 294 g/mol. The van der Waals surface area contributed by atoms with E-state index in [0.717, 1.165) is 31.5 Å². The summed E-state index contributed by atoms with van der Waals surface area (Å²) in [5.74, 6) is 1.58. The molecule has 0 radical (unpaired) electrons. The number of aliphatic imine (C=N–C) groups is 1. The van der Waals surface area contributed by atoms with Crippen LogP contribution in [0.4, 0.5) is 0 Å². The Morgan fingerprint density at radius 3 is 2.19 bits per heavy atom. The summed E-state index contributed by atoms with van der Waals surface area (Å²) in [6.07, 6.45) is 12.1. The average Bonchev–Trinajstić information content (AvgIpc) is 2.77. The topological polar surface area (TPSA) is 44.9 Å². The molecule has 2 aliphatic rings. The van der Waals surface area contributed by atoms with Crippen LogP contribution in [-0.4, -0.2) is 55.5 Å². The van der Waals surface area contributed by atoms with Crippen LogP contribution in [0.3, 0.4) is 0 Å². The number of guanidine groups is 1. The van der Waals surface area contributed by atoms with Gasteiger partial charge in [0.25, 0.3) is 0 Å². The maximum atomic E-state index is 6.25. The van der Waals surface area contributed by atoms with E-state index in [-0.39, 0.29) is 0 Å². The van der Waals surface area contributed by atoms with E-state index in [4.69, 9.17) is 10.7 Å². The van der Waals surface area contributed by atoms with Crippen molar-refractivity contribution in [3.63, 3.8) is 0 Å². The third-order valence-corrected chi connectivity index (χ3v) is 5.23. The third-order valence-electron chi connectivity index (χ3n) is 5.23. The molecule has 1 aliphatic carbocycles. The van der Waals surface area contributed by atoms with Gasteiger partial charge in [0.2, 0.25) is 0 Å². The van der Waals surface area contributed by atoms with Crippen molar-refractivity contribution in [1.29, 1.82) is 0 Å². The molecule has 0 aromatic carbocycles. The molecule has 0 aromatic rings. The number of hydrogen-bond donors (Lipinski definition) is 1. The van der Waals surface area contributed by atoms with Crippen LogP contribution in [0.2, 0.25) is 0 Å². The number of likely N-dealkylation sites (tertiary alicyclic amines) is 1. The predicted molar refractivity (Wildman–Crippen MR) is 90.6 cm³/mol. The van der Waals surface area contributed by atoms with Gasteiger partial charge in [-0.15, -0.1) is 0 Å². The van der Waals surface area contributed by atoms with E-state index in [2.05, 4.69) is 23.9 Å². The van der Waals surface area contributed by atoms with Gasteiger partial charge in [0.1, 0.15) is 0 Å². The molecule has 1 saturated carbocycles. The Morgan fingerprint density at radius 2 is 1.62 bits per heavy atom. The number of nitrogens with two attached hydrogens (primary N) is 1. The van der Waals surface area contributed by atoms with Crippen molar-refractivity contribution in [2.45, 2.75) is 63.8 Å². The Balaban J connectivity index is 1.90. The van der Waals surface area contributed by atoms with Crippen molar-refractivity contribution in [2.24, 2.45) is 16.6 Å². The highest BCUT2D eigenvalue weighted by Crippen LogP contribution is 2.28. The molecule has 0 amide bonds. The highest BCUT2D eigenvalue weighted by Gasteiger charge is 2.25. The normalized spacial score (nSPS) is 24.1. The van der Waals surface area contributed by atoms with Gasteiger partial charge in [0.15, 0.2) is 5.96 Å². The molecule has 2 fully saturated rings. The molecule has 0 spiro atoms. The van der Waals surface area contributed by atoms with Crippen molar-refractivity contribution < 1.29 is 0 Å². The Bertz CT molecular complexity index is 313. The summed E-state index contributed by atoms with van der Waals surface area (Å²) >= 11 is 0. The second-order valence-corrected chi connectivity index (χ2v) is 7.03. The van der Waals surface area contributed by atoms with E-state index in [9.17, 15) is 0 Å². The van der Waals surface area contributed by atoms with Gasteiger partial charge in [-0.3, -0.25) is 4.99 Å². The SMILES string of the molecule is CN(C)C(CN=C(N)N1CCCCCC1)C1CCCCC1. The van der Waals surface area contributed by atoms with Crippen LogP contribution in [0.25, 0.3) is 0 Å². The first-order valence-electron chi connectivity index (χ1n) is 8.90. The van der Waals surface area contributed by atoms with Gasteiger partial charge >= 0.3 is 0 Å². The lowest BCUT2D eigenvalue weighted by atomic mass is 9.83. The van der Waals surface area contributed by atoms with Crippen molar-refractivity contribution in [3.05, 3.63) is 0 Å². The summed E-state index contributed by atoms with van der Waals surface area (Å²) < 4.78 is 0. The fourth-order valence-corrected chi connectivity index (χ4v) is 3.84. The van der Waals surface area contributed by atoms with E-state index < -0.39 is 0 Å². The molecule has 2 N–H and O–H groups in total. The summed E-state index contributed by atoms with van der Waals surface area (Å²) in [6.45, 7) is 3.04. The highest BCUT2D eigenvalue weighted by atomic mass is 15.3. The molecule has 1 unspecified atom stereocenters. The zero-order chi connectivity index (χ0) is 15.1. The van der Waals surface area contributed by atoms with E-state index >= 15 is 0 Å². The standard InChI is InChI=1S/C17H34N4/c1-20(2)16(15-10-6-5-7-11-15)14-19-17(18)21-12-8-3-4-9-13-21/h15-16H,3-14H2,1-2H3,(H2,18,19). The first kappa shape index (κ1) is 16.6. The maximum absolute atomic E-state index is 6.25. The molecular weight excluding hydrogens is 260 g/mol. The van der Waals surface area contributed by atoms with Crippen LogP contribution in [0.1, 0.15) is 57.8 Å². The smallest absolute Gasteiger partial charge is 0.191 e. The fourth-order valence-electron chi connectivity index (χ4n) is 3.84. The van der Waals surface area contributed by atoms with Gasteiger partial charge < -0.3 is 15.5 Å². The van der Waals surface area contributed by atoms with Gasteiger partial charge in [-0.1, -0.05) is 32.1 Å². The first-order chi connectivity index (χ1) is 10.2. The largest absolute Gasteiger partial charge is 0.370 e. The Morgan fingerprint density at radius 1 is 1.05 bits per heavy atom. The molecule has 4 heteroatoms. The van der Waals surface area contributed by atoms with Gasteiger partial charge in [-0.2, -0.15) is 0 Å². The summed E-state index contributed by atoms with van der Waals surface area (Å²) in [4.78, 5) is 9.41. The van der Waals surface area contributed by atoms with Crippen molar-refractivity contribution in [3.8, 4) is 0 Å². The van der Waals surface area contributed by atoms with E-state index in [1.165, 1.54) is 57.8 Å². The van der Waals surface area contributed by atoms with Crippen LogP contribution in [0.15, 0.2) is 4.99 Å². The summed E-state index contributed by atoms with van der Waals surface area (Å²) in [5.41, 5.74) is 6.25. The second kappa shape index (κ2) is 8.62. The lowest BCUT2D eigenvalue weighted by molar-refractivity contribution is 0.175. The number of rotatable bonds is 4. The minimum atomic E-state index is 0.552. The minimum Gasteiger partial charge on any atom is -0.370 e. The average molecular weight is 294 g/mol. The van der Waals surface area contributed by atoms with Crippen LogP contribution < -0.4 is 5.73 Å². The molecule has 1 saturated heterocycles. The molecule has 0 aromatic heterocycles. The van der Waals surface area contributed by atoms with Crippen LogP contribution in [0, 0.1) is 5.92 Å². The first-order valence-corrected chi connectivity index (χ1v) is 8.90. The zero-order valence-electron chi connectivity index (χ0n) is 14.1. The Labute approximate surface area is 130 Å². The number of nitrogens with zero attached hydrogens (tertiary/aromatic N) is 3. The summed E-state index contributed by atoms with van der Waals surface area (Å²) in [7, 11) is 4.38.